The number of nitrogens with one attached hydrogen (secondary N) is 2. The number of aromatic nitrogens is 1. The van der Waals surface area contributed by atoms with Gasteiger partial charge in [-0.3, -0.25) is 14.9 Å². The molecule has 1 aromatic rings. The quantitative estimate of drug-likeness (QED) is 0.780. The molecule has 1 aromatic heterocycles. The van der Waals surface area contributed by atoms with Crippen LogP contribution in [0.4, 0.5) is 5.82 Å². The van der Waals surface area contributed by atoms with Crippen LogP contribution < -0.4 is 10.6 Å². The predicted molar refractivity (Wildman–Crippen MR) is 71.6 cm³/mol. The molecule has 0 aromatic carbocycles. The molecule has 0 aliphatic heterocycles. The Morgan fingerprint density at radius 1 is 1.21 bits per heavy atom. The molecule has 1 heterocycles. The minimum atomic E-state index is -0.423. The van der Waals surface area contributed by atoms with Crippen LogP contribution in [0, 0.1) is 23.7 Å². The highest BCUT2D eigenvalue weighted by Gasteiger charge is 2.02. The molecule has 5 nitrogen and oxygen atoms in total. The number of anilines is 1. The molecule has 0 aliphatic rings. The molecule has 0 saturated carbocycles. The van der Waals surface area contributed by atoms with E-state index in [-0.39, 0.29) is 5.91 Å². The summed E-state index contributed by atoms with van der Waals surface area (Å²) in [6.07, 6.45) is 1.54. The molecule has 1 rings (SSSR count). The fourth-order valence-electron chi connectivity index (χ4n) is 1.25. The first kappa shape index (κ1) is 14.3. The standard InChI is InChI=1S/C14H13N3O2/c1-3-5-13(18)16-10-11-7-8-15-12(9-11)17-14(19)6-4-2/h7-9H,10H2,1-2H3,(H,16,18)(H,15,17,19). The molecular formula is C14H13N3O2. The zero-order valence-electron chi connectivity index (χ0n) is 10.7. The summed E-state index contributed by atoms with van der Waals surface area (Å²) in [7, 11) is 0. The van der Waals surface area contributed by atoms with E-state index in [1.165, 1.54) is 0 Å². The number of hydrogen-bond donors (Lipinski definition) is 2. The molecule has 5 heteroatoms. The van der Waals surface area contributed by atoms with E-state index in [0.29, 0.717) is 12.4 Å². The van der Waals surface area contributed by atoms with Crippen molar-refractivity contribution in [2.75, 3.05) is 5.32 Å². The number of nitrogens with zero attached hydrogens (tertiary/aromatic N) is 1. The molecule has 0 spiro atoms. The molecule has 2 amide bonds. The third-order valence-corrected chi connectivity index (χ3v) is 2.00. The van der Waals surface area contributed by atoms with E-state index in [4.69, 9.17) is 0 Å². The molecular weight excluding hydrogens is 242 g/mol. The summed E-state index contributed by atoms with van der Waals surface area (Å²) in [4.78, 5) is 26.4. The van der Waals surface area contributed by atoms with Crippen molar-refractivity contribution in [3.63, 3.8) is 0 Å². The summed E-state index contributed by atoms with van der Waals surface area (Å²) in [5.41, 5.74) is 0.806. The van der Waals surface area contributed by atoms with E-state index < -0.39 is 5.91 Å². The molecule has 0 unspecified atom stereocenters. The molecule has 0 saturated heterocycles. The molecule has 19 heavy (non-hydrogen) atoms. The average Bonchev–Trinajstić information content (AvgIpc) is 2.37. The van der Waals surface area contributed by atoms with Gasteiger partial charge >= 0.3 is 5.91 Å². The van der Waals surface area contributed by atoms with Crippen LogP contribution in [-0.2, 0) is 16.1 Å². The van der Waals surface area contributed by atoms with E-state index >= 15 is 0 Å². The summed E-state index contributed by atoms with van der Waals surface area (Å²) in [6.45, 7) is 3.49. The number of amides is 2. The second-order valence-corrected chi connectivity index (χ2v) is 3.44. The fraction of sp³-hybridized carbons (Fsp3) is 0.214. The maximum Gasteiger partial charge on any atom is 0.301 e. The molecule has 0 bridgehead atoms. The number of carbonyl (C=O) groups excluding carboxylic acids is 2. The largest absolute Gasteiger partial charge is 0.341 e. The lowest BCUT2D eigenvalue weighted by Crippen LogP contribution is -2.21. The monoisotopic (exact) mass is 255 g/mol. The van der Waals surface area contributed by atoms with Crippen molar-refractivity contribution < 1.29 is 9.59 Å². The van der Waals surface area contributed by atoms with Crippen LogP contribution in [0.5, 0.6) is 0 Å². The normalized spacial score (nSPS) is 8.32. The Kier molecular flexibility index (Phi) is 5.65. The third-order valence-electron chi connectivity index (χ3n) is 2.00. The molecule has 0 radical (unpaired) electrons. The van der Waals surface area contributed by atoms with Crippen LogP contribution in [0.1, 0.15) is 19.4 Å². The van der Waals surface area contributed by atoms with Gasteiger partial charge in [0.2, 0.25) is 0 Å². The Bertz CT molecular complexity index is 600. The minimum absolute atomic E-state index is 0.318. The van der Waals surface area contributed by atoms with Crippen LogP contribution in [-0.4, -0.2) is 16.8 Å². The van der Waals surface area contributed by atoms with Gasteiger partial charge in [0.1, 0.15) is 5.82 Å². The van der Waals surface area contributed by atoms with Crippen molar-refractivity contribution in [2.24, 2.45) is 0 Å². The van der Waals surface area contributed by atoms with Crippen LogP contribution in [0.2, 0.25) is 0 Å². The highest BCUT2D eigenvalue weighted by atomic mass is 16.2. The van der Waals surface area contributed by atoms with Gasteiger partial charge in [-0.1, -0.05) is 11.8 Å². The van der Waals surface area contributed by atoms with E-state index in [2.05, 4.69) is 39.3 Å². The smallest absolute Gasteiger partial charge is 0.301 e. The number of hydrogen-bond acceptors (Lipinski definition) is 3. The van der Waals surface area contributed by atoms with Gasteiger partial charge in [-0.15, -0.1) is 0 Å². The second-order valence-electron chi connectivity index (χ2n) is 3.44. The maximum absolute atomic E-state index is 11.3. The predicted octanol–water partition coefficient (Wildman–Crippen LogP) is 0.683. The zero-order valence-corrected chi connectivity index (χ0v) is 10.7. The zero-order chi connectivity index (χ0) is 14.1. The van der Waals surface area contributed by atoms with Crippen LogP contribution in [0.25, 0.3) is 0 Å². The summed E-state index contributed by atoms with van der Waals surface area (Å²) < 4.78 is 0. The first-order valence-electron chi connectivity index (χ1n) is 5.55. The Morgan fingerprint density at radius 2 is 1.89 bits per heavy atom. The van der Waals surface area contributed by atoms with Crippen LogP contribution in [0.3, 0.4) is 0 Å². The van der Waals surface area contributed by atoms with Gasteiger partial charge in [-0.2, -0.15) is 0 Å². The van der Waals surface area contributed by atoms with Crippen molar-refractivity contribution in [1.82, 2.24) is 10.3 Å². The second kappa shape index (κ2) is 7.52. The lowest BCUT2D eigenvalue weighted by Gasteiger charge is -2.04. The van der Waals surface area contributed by atoms with E-state index in [1.807, 2.05) is 0 Å². The Labute approximate surface area is 111 Å². The van der Waals surface area contributed by atoms with Gasteiger partial charge in [0.05, 0.1) is 0 Å². The maximum atomic E-state index is 11.3. The summed E-state index contributed by atoms with van der Waals surface area (Å²) in [6, 6.07) is 3.40. The number of pyridine rings is 1. The SMILES string of the molecule is CC#CC(=O)NCc1ccnc(NC(=O)C#CC)c1. The highest BCUT2D eigenvalue weighted by Crippen LogP contribution is 2.06. The Morgan fingerprint density at radius 3 is 2.58 bits per heavy atom. The fourth-order valence-corrected chi connectivity index (χ4v) is 1.25. The van der Waals surface area contributed by atoms with E-state index in [1.54, 1.807) is 32.2 Å². The summed E-state index contributed by atoms with van der Waals surface area (Å²) in [5.74, 6) is 9.35. The highest BCUT2D eigenvalue weighted by molar-refractivity contribution is 6.03. The van der Waals surface area contributed by atoms with Crippen LogP contribution in [0.15, 0.2) is 18.3 Å². The first-order valence-corrected chi connectivity index (χ1v) is 5.55. The minimum Gasteiger partial charge on any atom is -0.341 e. The first-order chi connectivity index (χ1) is 9.15. The Balaban J connectivity index is 2.65. The van der Waals surface area contributed by atoms with E-state index in [0.717, 1.165) is 5.56 Å². The topological polar surface area (TPSA) is 71.1 Å². The van der Waals surface area contributed by atoms with Gasteiger partial charge in [-0.05, 0) is 43.4 Å². The van der Waals surface area contributed by atoms with Gasteiger partial charge in [0, 0.05) is 12.7 Å². The lowest BCUT2D eigenvalue weighted by atomic mass is 10.2. The molecule has 0 fully saturated rings. The lowest BCUT2D eigenvalue weighted by molar-refractivity contribution is -0.116. The third kappa shape index (κ3) is 5.38. The molecule has 2 N–H and O–H groups in total. The summed E-state index contributed by atoms with van der Waals surface area (Å²) in [5, 5.41) is 5.16. The molecule has 96 valence electrons. The summed E-state index contributed by atoms with van der Waals surface area (Å²) >= 11 is 0. The van der Waals surface area contributed by atoms with Crippen molar-refractivity contribution in [3.05, 3.63) is 23.9 Å². The van der Waals surface area contributed by atoms with Gasteiger partial charge < -0.3 is 5.32 Å². The van der Waals surface area contributed by atoms with Gasteiger partial charge in [0.25, 0.3) is 5.91 Å². The van der Waals surface area contributed by atoms with Gasteiger partial charge in [-0.25, -0.2) is 4.98 Å². The Hall–Kier alpha value is -2.79. The van der Waals surface area contributed by atoms with Crippen LogP contribution >= 0.6 is 0 Å². The van der Waals surface area contributed by atoms with Crippen molar-refractivity contribution >= 4 is 17.6 Å². The average molecular weight is 255 g/mol. The van der Waals surface area contributed by atoms with Crippen molar-refractivity contribution in [2.45, 2.75) is 20.4 Å². The van der Waals surface area contributed by atoms with Crippen molar-refractivity contribution in [3.8, 4) is 23.7 Å². The molecule has 0 atom stereocenters. The van der Waals surface area contributed by atoms with Crippen molar-refractivity contribution in [1.29, 1.82) is 0 Å². The number of carbonyl (C=O) groups is 2. The number of rotatable bonds is 3. The van der Waals surface area contributed by atoms with Gasteiger partial charge in [0.15, 0.2) is 0 Å². The molecule has 0 aliphatic carbocycles. The van der Waals surface area contributed by atoms with E-state index in [9.17, 15) is 9.59 Å².